The average molecular weight is 328 g/mol. The molecule has 2 saturated heterocycles. The van der Waals surface area contributed by atoms with E-state index in [0.29, 0.717) is 32.7 Å². The summed E-state index contributed by atoms with van der Waals surface area (Å²) in [5, 5.41) is 5.97. The van der Waals surface area contributed by atoms with Gasteiger partial charge in [0.05, 0.1) is 6.04 Å². The third-order valence-corrected chi connectivity index (χ3v) is 5.54. The van der Waals surface area contributed by atoms with Crippen LogP contribution in [0, 0.1) is 5.41 Å². The molecule has 2 N–H and O–H groups in total. The molecule has 1 atom stereocenters. The summed E-state index contributed by atoms with van der Waals surface area (Å²) in [6.45, 7) is 5.39. The third-order valence-electron chi connectivity index (χ3n) is 5.54. The fourth-order valence-corrected chi connectivity index (χ4v) is 4.20. The molecule has 0 unspecified atom stereocenters. The number of benzene rings is 1. The molecule has 1 aliphatic carbocycles. The van der Waals surface area contributed by atoms with Crippen molar-refractivity contribution in [1.29, 1.82) is 0 Å². The zero-order chi connectivity index (χ0) is 16.7. The maximum Gasteiger partial charge on any atom is 0.317 e. The molecule has 0 saturated carbocycles. The lowest BCUT2D eigenvalue weighted by molar-refractivity contribution is 0.127. The summed E-state index contributed by atoms with van der Waals surface area (Å²) in [7, 11) is 0. The molecular formula is C18H24N4O2. The van der Waals surface area contributed by atoms with Crippen molar-refractivity contribution in [3.8, 4) is 0 Å². The number of nitrogens with one attached hydrogen (secondary N) is 2. The largest absolute Gasteiger partial charge is 0.337 e. The molecule has 128 valence electrons. The second kappa shape index (κ2) is 5.69. The Hall–Kier alpha value is -2.24. The van der Waals surface area contributed by atoms with Crippen LogP contribution in [0.1, 0.15) is 18.1 Å². The fourth-order valence-electron chi connectivity index (χ4n) is 4.20. The van der Waals surface area contributed by atoms with Crippen molar-refractivity contribution >= 4 is 12.1 Å². The van der Waals surface area contributed by atoms with Crippen LogP contribution in [0.25, 0.3) is 0 Å². The quantitative estimate of drug-likeness (QED) is 0.857. The van der Waals surface area contributed by atoms with Gasteiger partial charge in [-0.25, -0.2) is 9.59 Å². The molecule has 4 rings (SSSR count). The monoisotopic (exact) mass is 328 g/mol. The van der Waals surface area contributed by atoms with Gasteiger partial charge in [-0.2, -0.15) is 0 Å². The van der Waals surface area contributed by atoms with Gasteiger partial charge < -0.3 is 20.4 Å². The molecule has 0 bridgehead atoms. The van der Waals surface area contributed by atoms with Crippen LogP contribution in [0.4, 0.5) is 9.59 Å². The smallest absolute Gasteiger partial charge is 0.317 e. The molecular weight excluding hydrogens is 304 g/mol. The first kappa shape index (κ1) is 15.3. The number of piperazine rings is 1. The first-order chi connectivity index (χ1) is 11.5. The molecule has 1 aromatic carbocycles. The van der Waals surface area contributed by atoms with Gasteiger partial charge in [-0.3, -0.25) is 0 Å². The van der Waals surface area contributed by atoms with E-state index < -0.39 is 0 Å². The van der Waals surface area contributed by atoms with Crippen LogP contribution in [-0.4, -0.2) is 60.6 Å². The van der Waals surface area contributed by atoms with E-state index in [0.717, 1.165) is 12.8 Å². The normalized spacial score (nSPS) is 24.4. The Bertz CT molecular complexity index is 650. The van der Waals surface area contributed by atoms with Gasteiger partial charge in [-0.1, -0.05) is 31.2 Å². The second-order valence-electron chi connectivity index (χ2n) is 7.57. The van der Waals surface area contributed by atoms with Crippen molar-refractivity contribution in [2.24, 2.45) is 5.41 Å². The van der Waals surface area contributed by atoms with Gasteiger partial charge in [0.2, 0.25) is 0 Å². The topological polar surface area (TPSA) is 64.7 Å². The van der Waals surface area contributed by atoms with E-state index in [1.807, 2.05) is 9.80 Å². The van der Waals surface area contributed by atoms with Gasteiger partial charge in [0.25, 0.3) is 0 Å². The van der Waals surface area contributed by atoms with E-state index in [9.17, 15) is 9.59 Å². The Morgan fingerprint density at radius 1 is 1.29 bits per heavy atom. The van der Waals surface area contributed by atoms with E-state index >= 15 is 0 Å². The Morgan fingerprint density at radius 3 is 2.71 bits per heavy atom. The van der Waals surface area contributed by atoms with Crippen molar-refractivity contribution < 1.29 is 9.59 Å². The van der Waals surface area contributed by atoms with E-state index in [-0.39, 0.29) is 23.5 Å². The van der Waals surface area contributed by atoms with E-state index in [1.165, 1.54) is 11.1 Å². The number of fused-ring (bicyclic) bond motifs is 2. The van der Waals surface area contributed by atoms with Gasteiger partial charge in [-0.05, 0) is 29.4 Å². The number of rotatable bonds is 2. The van der Waals surface area contributed by atoms with Gasteiger partial charge in [0.15, 0.2) is 0 Å². The number of carbonyl (C=O) groups is 2. The number of amides is 4. The Kier molecular flexibility index (Phi) is 3.62. The van der Waals surface area contributed by atoms with E-state index in [4.69, 9.17) is 0 Å². The van der Waals surface area contributed by atoms with E-state index in [2.05, 4.69) is 41.8 Å². The van der Waals surface area contributed by atoms with Crippen molar-refractivity contribution in [3.63, 3.8) is 0 Å². The molecule has 3 aliphatic rings. The predicted octanol–water partition coefficient (Wildman–Crippen LogP) is 1.21. The zero-order valence-corrected chi connectivity index (χ0v) is 14.0. The number of urea groups is 2. The summed E-state index contributed by atoms with van der Waals surface area (Å²) in [4.78, 5) is 27.8. The van der Waals surface area contributed by atoms with Gasteiger partial charge in [-0.15, -0.1) is 0 Å². The first-order valence-electron chi connectivity index (χ1n) is 8.68. The Labute approximate surface area is 142 Å². The minimum Gasteiger partial charge on any atom is -0.337 e. The highest BCUT2D eigenvalue weighted by atomic mass is 16.2. The summed E-state index contributed by atoms with van der Waals surface area (Å²) < 4.78 is 0. The van der Waals surface area contributed by atoms with Gasteiger partial charge in [0.1, 0.15) is 0 Å². The minimum atomic E-state index is -0.00817. The van der Waals surface area contributed by atoms with E-state index in [1.54, 1.807) is 0 Å². The molecule has 6 nitrogen and oxygen atoms in total. The van der Waals surface area contributed by atoms with Crippen LogP contribution < -0.4 is 10.6 Å². The molecule has 4 amide bonds. The van der Waals surface area contributed by atoms with Crippen LogP contribution in [0.5, 0.6) is 0 Å². The molecule has 2 fully saturated rings. The molecule has 0 spiro atoms. The Balaban J connectivity index is 1.32. The highest BCUT2D eigenvalue weighted by molar-refractivity contribution is 5.78. The SMILES string of the molecule is CC1(CNC(=O)N2CCN3C(=O)NC[C@@H]3C2)Cc2ccccc2C1. The number of nitrogens with zero attached hydrogens (tertiary/aromatic N) is 2. The molecule has 2 heterocycles. The fraction of sp³-hybridized carbons (Fsp3) is 0.556. The molecule has 0 aromatic heterocycles. The van der Waals surface area contributed by atoms with Gasteiger partial charge in [0, 0.05) is 32.7 Å². The molecule has 6 heteroatoms. The lowest BCUT2D eigenvalue weighted by atomic mass is 9.87. The summed E-state index contributed by atoms with van der Waals surface area (Å²) in [5.41, 5.74) is 2.89. The van der Waals surface area contributed by atoms with Crippen molar-refractivity contribution in [2.75, 3.05) is 32.7 Å². The van der Waals surface area contributed by atoms with Crippen molar-refractivity contribution in [3.05, 3.63) is 35.4 Å². The summed E-state index contributed by atoms with van der Waals surface area (Å²) >= 11 is 0. The highest BCUT2D eigenvalue weighted by Crippen LogP contribution is 2.36. The minimum absolute atomic E-state index is 0.00344. The first-order valence-corrected chi connectivity index (χ1v) is 8.68. The van der Waals surface area contributed by atoms with Crippen LogP contribution >= 0.6 is 0 Å². The molecule has 0 radical (unpaired) electrons. The van der Waals surface area contributed by atoms with Crippen molar-refractivity contribution in [1.82, 2.24) is 20.4 Å². The number of hydrogen-bond acceptors (Lipinski definition) is 2. The zero-order valence-electron chi connectivity index (χ0n) is 14.0. The van der Waals surface area contributed by atoms with Crippen LogP contribution in [0.3, 0.4) is 0 Å². The van der Waals surface area contributed by atoms with Crippen molar-refractivity contribution in [2.45, 2.75) is 25.8 Å². The molecule has 24 heavy (non-hydrogen) atoms. The third kappa shape index (κ3) is 2.70. The average Bonchev–Trinajstić information content (AvgIpc) is 3.12. The molecule has 1 aromatic rings. The van der Waals surface area contributed by atoms with Gasteiger partial charge >= 0.3 is 12.1 Å². The lowest BCUT2D eigenvalue weighted by Crippen LogP contribution is -2.56. The van der Waals surface area contributed by atoms with Crippen LogP contribution in [0.2, 0.25) is 0 Å². The van der Waals surface area contributed by atoms with Crippen LogP contribution in [0.15, 0.2) is 24.3 Å². The summed E-state index contributed by atoms with van der Waals surface area (Å²) in [5.74, 6) is 0. The number of carbonyl (C=O) groups excluding carboxylic acids is 2. The summed E-state index contributed by atoms with van der Waals surface area (Å²) in [6.07, 6.45) is 2.02. The standard InChI is InChI=1S/C18H24N4O2/c1-18(8-13-4-2-3-5-14(13)9-18)12-20-16(23)21-6-7-22-15(11-21)10-19-17(22)24/h2-5,15H,6-12H2,1H3,(H,19,24)(H,20,23)/t15-/m1/s1. The maximum absolute atomic E-state index is 12.5. The summed E-state index contributed by atoms with van der Waals surface area (Å²) in [6, 6.07) is 8.64. The number of hydrogen-bond donors (Lipinski definition) is 2. The highest BCUT2D eigenvalue weighted by Gasteiger charge is 2.38. The predicted molar refractivity (Wildman–Crippen MR) is 90.8 cm³/mol. The Morgan fingerprint density at radius 2 is 2.00 bits per heavy atom. The van der Waals surface area contributed by atoms with Crippen LogP contribution in [-0.2, 0) is 12.8 Å². The molecule has 2 aliphatic heterocycles. The maximum atomic E-state index is 12.5. The lowest BCUT2D eigenvalue weighted by Gasteiger charge is -2.37. The second-order valence-corrected chi connectivity index (χ2v) is 7.57.